The molecule has 0 atom stereocenters. The number of nitrogens with zero attached hydrogens (tertiary/aromatic N) is 3. The Labute approximate surface area is 98.8 Å². The molecule has 5 nitrogen and oxygen atoms in total. The predicted octanol–water partition coefficient (Wildman–Crippen LogP) is 0.585. The molecule has 0 spiro atoms. The van der Waals surface area contributed by atoms with E-state index < -0.39 is 0 Å². The summed E-state index contributed by atoms with van der Waals surface area (Å²) < 4.78 is 1.67. The zero-order chi connectivity index (χ0) is 11.7. The highest BCUT2D eigenvalue weighted by atomic mass is 35.5. The maximum absolute atomic E-state index is 11.8. The van der Waals surface area contributed by atoms with Crippen LogP contribution in [0, 0.1) is 0 Å². The molecule has 1 aliphatic rings. The van der Waals surface area contributed by atoms with Crippen molar-refractivity contribution in [1.29, 1.82) is 0 Å². The van der Waals surface area contributed by atoms with E-state index in [9.17, 15) is 4.79 Å². The number of anilines is 1. The summed E-state index contributed by atoms with van der Waals surface area (Å²) in [6, 6.07) is 0. The van der Waals surface area contributed by atoms with Crippen LogP contribution < -0.4 is 16.3 Å². The lowest BCUT2D eigenvalue weighted by Gasteiger charge is -2.22. The highest BCUT2D eigenvalue weighted by Gasteiger charge is 2.20. The Morgan fingerprint density at radius 1 is 1.44 bits per heavy atom. The largest absolute Gasteiger partial charge is 0.361 e. The maximum Gasteiger partial charge on any atom is 0.350 e. The molecule has 0 saturated heterocycles. The van der Waals surface area contributed by atoms with Gasteiger partial charge in [-0.15, -0.1) is 0 Å². The average molecular weight is 243 g/mol. The fourth-order valence-electron chi connectivity index (χ4n) is 2.10. The summed E-state index contributed by atoms with van der Waals surface area (Å²) in [5.74, 6) is 0.824. The van der Waals surface area contributed by atoms with Crippen molar-refractivity contribution in [1.82, 2.24) is 9.55 Å². The first kappa shape index (κ1) is 11.4. The van der Waals surface area contributed by atoms with E-state index >= 15 is 0 Å². The van der Waals surface area contributed by atoms with Crippen LogP contribution in [0.3, 0.4) is 0 Å². The fourth-order valence-corrected chi connectivity index (χ4v) is 2.33. The molecule has 1 aromatic heterocycles. The van der Waals surface area contributed by atoms with Crippen LogP contribution in [-0.2, 0) is 13.1 Å². The molecule has 0 bridgehead atoms. The Hall–Kier alpha value is -1.07. The van der Waals surface area contributed by atoms with Gasteiger partial charge in [-0.05, 0) is 12.8 Å². The minimum atomic E-state index is -0.286. The van der Waals surface area contributed by atoms with Crippen LogP contribution in [0.25, 0.3) is 0 Å². The molecule has 0 fully saturated rings. The van der Waals surface area contributed by atoms with Crippen LogP contribution in [-0.4, -0.2) is 23.1 Å². The molecule has 2 N–H and O–H groups in total. The molecule has 16 heavy (non-hydrogen) atoms. The van der Waals surface area contributed by atoms with Gasteiger partial charge in [0.05, 0.1) is 0 Å². The van der Waals surface area contributed by atoms with E-state index in [-0.39, 0.29) is 10.8 Å². The van der Waals surface area contributed by atoms with Crippen molar-refractivity contribution in [3.8, 4) is 0 Å². The van der Waals surface area contributed by atoms with E-state index in [1.165, 1.54) is 0 Å². The van der Waals surface area contributed by atoms with Gasteiger partial charge >= 0.3 is 5.69 Å². The van der Waals surface area contributed by atoms with Crippen molar-refractivity contribution >= 4 is 17.4 Å². The smallest absolute Gasteiger partial charge is 0.350 e. The lowest BCUT2D eigenvalue weighted by molar-refractivity contribution is 0.620. The average Bonchev–Trinajstić information content (AvgIpc) is 2.42. The summed E-state index contributed by atoms with van der Waals surface area (Å²) in [5.41, 5.74) is 6.14. The van der Waals surface area contributed by atoms with Crippen molar-refractivity contribution in [2.45, 2.75) is 25.9 Å². The SMILES string of the molecule is CN1CCCCn2c1c(CN)c(Cl)nc2=O. The number of halogens is 1. The molecule has 0 aliphatic carbocycles. The first-order valence-corrected chi connectivity index (χ1v) is 5.73. The van der Waals surface area contributed by atoms with Crippen molar-refractivity contribution in [3.63, 3.8) is 0 Å². The standard InChI is InChI=1S/C10H15ClN4O/c1-14-4-2-3-5-15-9(14)7(6-12)8(11)13-10(15)16/h2-6,12H2,1H3. The molecular weight excluding hydrogens is 228 g/mol. The van der Waals surface area contributed by atoms with Gasteiger partial charge in [-0.2, -0.15) is 4.98 Å². The summed E-state index contributed by atoms with van der Waals surface area (Å²) in [6.07, 6.45) is 2.03. The molecule has 0 amide bonds. The third-order valence-electron chi connectivity index (χ3n) is 2.89. The summed E-state index contributed by atoms with van der Waals surface area (Å²) >= 11 is 5.95. The number of hydrogen-bond acceptors (Lipinski definition) is 4. The van der Waals surface area contributed by atoms with Gasteiger partial charge in [-0.3, -0.25) is 4.57 Å². The van der Waals surface area contributed by atoms with Gasteiger partial charge in [0.25, 0.3) is 0 Å². The number of rotatable bonds is 1. The van der Waals surface area contributed by atoms with Crippen LogP contribution in [0.2, 0.25) is 5.15 Å². The molecule has 1 aliphatic heterocycles. The molecular formula is C10H15ClN4O. The van der Waals surface area contributed by atoms with Crippen molar-refractivity contribution in [2.75, 3.05) is 18.5 Å². The zero-order valence-electron chi connectivity index (χ0n) is 9.24. The monoisotopic (exact) mass is 242 g/mol. The fraction of sp³-hybridized carbons (Fsp3) is 0.600. The summed E-state index contributed by atoms with van der Waals surface area (Å²) in [4.78, 5) is 17.6. The van der Waals surface area contributed by atoms with Gasteiger partial charge < -0.3 is 10.6 Å². The van der Waals surface area contributed by atoms with Gasteiger partial charge in [-0.1, -0.05) is 11.6 Å². The van der Waals surface area contributed by atoms with E-state index in [4.69, 9.17) is 17.3 Å². The van der Waals surface area contributed by atoms with Gasteiger partial charge in [-0.25, -0.2) is 4.79 Å². The minimum absolute atomic E-state index is 0.229. The highest BCUT2D eigenvalue weighted by molar-refractivity contribution is 6.30. The van der Waals surface area contributed by atoms with E-state index in [0.717, 1.165) is 30.8 Å². The number of aromatic nitrogens is 2. The Kier molecular flexibility index (Phi) is 3.16. The number of fused-ring (bicyclic) bond motifs is 1. The maximum atomic E-state index is 11.8. The Balaban J connectivity index is 2.69. The molecule has 0 aromatic carbocycles. The quantitative estimate of drug-likeness (QED) is 0.732. The Morgan fingerprint density at radius 2 is 2.12 bits per heavy atom. The molecule has 0 radical (unpaired) electrons. The Bertz CT molecular complexity index is 457. The minimum Gasteiger partial charge on any atom is -0.361 e. The molecule has 6 heteroatoms. The van der Waals surface area contributed by atoms with Crippen molar-refractivity contribution < 1.29 is 0 Å². The molecule has 88 valence electrons. The normalized spacial score (nSPS) is 15.8. The van der Waals surface area contributed by atoms with E-state index in [2.05, 4.69) is 4.98 Å². The van der Waals surface area contributed by atoms with Crippen molar-refractivity contribution in [2.24, 2.45) is 5.73 Å². The van der Waals surface area contributed by atoms with Crippen LogP contribution in [0.15, 0.2) is 4.79 Å². The van der Waals surface area contributed by atoms with Crippen LogP contribution in [0.1, 0.15) is 18.4 Å². The number of nitrogens with two attached hydrogens (primary N) is 1. The molecule has 0 saturated carbocycles. The third kappa shape index (κ3) is 1.81. The van der Waals surface area contributed by atoms with Gasteiger partial charge in [0.2, 0.25) is 0 Å². The van der Waals surface area contributed by atoms with Gasteiger partial charge in [0.15, 0.2) is 0 Å². The summed E-state index contributed by atoms with van der Waals surface area (Å²) in [7, 11) is 1.95. The summed E-state index contributed by atoms with van der Waals surface area (Å²) in [6.45, 7) is 1.90. The molecule has 1 aromatic rings. The van der Waals surface area contributed by atoms with E-state index in [0.29, 0.717) is 13.1 Å². The van der Waals surface area contributed by atoms with Gasteiger partial charge in [0, 0.05) is 32.2 Å². The molecule has 2 heterocycles. The third-order valence-corrected chi connectivity index (χ3v) is 3.20. The second-order valence-corrected chi connectivity index (χ2v) is 4.33. The number of hydrogen-bond donors (Lipinski definition) is 1. The molecule has 2 rings (SSSR count). The zero-order valence-corrected chi connectivity index (χ0v) is 10.00. The Morgan fingerprint density at radius 3 is 2.81 bits per heavy atom. The van der Waals surface area contributed by atoms with Crippen LogP contribution >= 0.6 is 11.6 Å². The van der Waals surface area contributed by atoms with Crippen LogP contribution in [0.4, 0.5) is 5.82 Å². The lowest BCUT2D eigenvalue weighted by atomic mass is 10.3. The first-order valence-electron chi connectivity index (χ1n) is 5.35. The lowest BCUT2D eigenvalue weighted by Crippen LogP contribution is -2.31. The van der Waals surface area contributed by atoms with E-state index in [1.54, 1.807) is 4.57 Å². The van der Waals surface area contributed by atoms with E-state index in [1.807, 2.05) is 11.9 Å². The predicted molar refractivity (Wildman–Crippen MR) is 63.9 cm³/mol. The molecule has 0 unspecified atom stereocenters. The van der Waals surface area contributed by atoms with Gasteiger partial charge in [0.1, 0.15) is 11.0 Å². The van der Waals surface area contributed by atoms with Crippen molar-refractivity contribution in [3.05, 3.63) is 21.2 Å². The second-order valence-electron chi connectivity index (χ2n) is 3.97. The second kappa shape index (κ2) is 4.43. The highest BCUT2D eigenvalue weighted by Crippen LogP contribution is 2.25. The topological polar surface area (TPSA) is 64.2 Å². The summed E-state index contributed by atoms with van der Waals surface area (Å²) in [5, 5.41) is 0.229. The van der Waals surface area contributed by atoms with Crippen LogP contribution in [0.5, 0.6) is 0 Å². The first-order chi connectivity index (χ1) is 7.65.